The van der Waals surface area contributed by atoms with Crippen LogP contribution in [0.4, 0.5) is 0 Å². The molecular formula is C42H85IO13. The van der Waals surface area contributed by atoms with Crippen LogP contribution in [-0.2, 0) is 61.6 Å². The fourth-order valence-electron chi connectivity index (χ4n) is 5.19. The van der Waals surface area contributed by atoms with Crippen molar-refractivity contribution >= 4 is 22.6 Å². The minimum atomic E-state index is 0.517. The van der Waals surface area contributed by atoms with Crippen LogP contribution in [0.25, 0.3) is 0 Å². The highest BCUT2D eigenvalue weighted by Gasteiger charge is 1.98. The number of ether oxygens (including phenoxy) is 13. The summed E-state index contributed by atoms with van der Waals surface area (Å²) in [7, 11) is 0. The van der Waals surface area contributed by atoms with Crippen LogP contribution >= 0.6 is 22.6 Å². The molecule has 338 valence electrons. The van der Waals surface area contributed by atoms with Crippen molar-refractivity contribution in [3.05, 3.63) is 0 Å². The van der Waals surface area contributed by atoms with Gasteiger partial charge < -0.3 is 61.6 Å². The SMILES string of the molecule is CCCCCCCCCCCCCCCCOCCOCCOCCOCCOCCOCCOCCOCCOCCOCCOCCOCCOCCI. The van der Waals surface area contributed by atoms with Crippen LogP contribution in [0.3, 0.4) is 0 Å². The smallest absolute Gasteiger partial charge is 0.0701 e. The van der Waals surface area contributed by atoms with Crippen molar-refractivity contribution < 1.29 is 61.6 Å². The van der Waals surface area contributed by atoms with Crippen molar-refractivity contribution in [2.24, 2.45) is 0 Å². The molecule has 14 heteroatoms. The minimum absolute atomic E-state index is 0.517. The number of halogens is 1. The highest BCUT2D eigenvalue weighted by molar-refractivity contribution is 14.1. The van der Waals surface area contributed by atoms with Gasteiger partial charge in [0.25, 0.3) is 0 Å². The molecule has 0 spiro atoms. The Morgan fingerprint density at radius 1 is 0.196 bits per heavy atom. The van der Waals surface area contributed by atoms with Crippen LogP contribution in [0.5, 0.6) is 0 Å². The van der Waals surface area contributed by atoms with Gasteiger partial charge in [0.1, 0.15) is 0 Å². The van der Waals surface area contributed by atoms with Gasteiger partial charge in [-0.15, -0.1) is 0 Å². The number of hydrogen-bond acceptors (Lipinski definition) is 13. The van der Waals surface area contributed by atoms with Gasteiger partial charge in [-0.25, -0.2) is 0 Å². The first kappa shape index (κ1) is 56.2. The van der Waals surface area contributed by atoms with Crippen molar-refractivity contribution in [1.29, 1.82) is 0 Å². The summed E-state index contributed by atoms with van der Waals surface area (Å²) in [5.41, 5.74) is 0. The third-order valence-corrected chi connectivity index (χ3v) is 8.77. The van der Waals surface area contributed by atoms with E-state index in [2.05, 4.69) is 29.5 Å². The predicted molar refractivity (Wildman–Crippen MR) is 230 cm³/mol. The van der Waals surface area contributed by atoms with Crippen LogP contribution in [0.1, 0.15) is 96.8 Å². The predicted octanol–water partition coefficient (Wildman–Crippen LogP) is 7.12. The number of unbranched alkanes of at least 4 members (excludes halogenated alkanes) is 13. The Hall–Kier alpha value is 0.210. The molecular weight excluding hydrogens is 839 g/mol. The van der Waals surface area contributed by atoms with Crippen LogP contribution in [0.2, 0.25) is 0 Å². The maximum atomic E-state index is 5.69. The van der Waals surface area contributed by atoms with E-state index in [0.29, 0.717) is 159 Å². The molecule has 0 aliphatic carbocycles. The molecule has 0 aliphatic heterocycles. The average Bonchev–Trinajstić information content (AvgIpc) is 3.21. The second-order valence-corrected chi connectivity index (χ2v) is 14.3. The van der Waals surface area contributed by atoms with E-state index in [-0.39, 0.29) is 0 Å². The molecule has 0 aliphatic rings. The summed E-state index contributed by atoms with van der Waals surface area (Å²) >= 11 is 2.28. The lowest BCUT2D eigenvalue weighted by Crippen LogP contribution is -2.15. The molecule has 0 amide bonds. The molecule has 0 saturated carbocycles. The molecule has 0 saturated heterocycles. The van der Waals surface area contributed by atoms with Gasteiger partial charge in [-0.2, -0.15) is 0 Å². The van der Waals surface area contributed by atoms with Gasteiger partial charge in [0.15, 0.2) is 0 Å². The summed E-state index contributed by atoms with van der Waals surface area (Å²) < 4.78 is 72.6. The Labute approximate surface area is 355 Å². The van der Waals surface area contributed by atoms with Crippen LogP contribution in [-0.4, -0.2) is 176 Å². The van der Waals surface area contributed by atoms with Crippen LogP contribution in [0.15, 0.2) is 0 Å². The maximum absolute atomic E-state index is 5.69. The largest absolute Gasteiger partial charge is 0.379 e. The molecule has 0 unspecified atom stereocenters. The molecule has 0 aromatic heterocycles. The van der Waals surface area contributed by atoms with Crippen molar-refractivity contribution in [1.82, 2.24) is 0 Å². The van der Waals surface area contributed by atoms with Gasteiger partial charge in [-0.05, 0) is 6.42 Å². The first-order chi connectivity index (χ1) is 27.9. The molecule has 0 atom stereocenters. The topological polar surface area (TPSA) is 120 Å². The first-order valence-electron chi connectivity index (χ1n) is 22.0. The molecule has 0 aromatic carbocycles. The van der Waals surface area contributed by atoms with E-state index < -0.39 is 0 Å². The van der Waals surface area contributed by atoms with Gasteiger partial charge >= 0.3 is 0 Å². The zero-order valence-electron chi connectivity index (χ0n) is 35.7. The van der Waals surface area contributed by atoms with E-state index in [0.717, 1.165) is 24.1 Å². The van der Waals surface area contributed by atoms with E-state index in [1.54, 1.807) is 0 Å². The fraction of sp³-hybridized carbons (Fsp3) is 1.00. The maximum Gasteiger partial charge on any atom is 0.0701 e. The molecule has 0 heterocycles. The van der Waals surface area contributed by atoms with E-state index in [4.69, 9.17) is 61.6 Å². The number of rotatable bonds is 53. The quantitative estimate of drug-likeness (QED) is 0.0351. The summed E-state index contributed by atoms with van der Waals surface area (Å²) in [4.78, 5) is 0. The zero-order chi connectivity index (χ0) is 40.2. The lowest BCUT2D eigenvalue weighted by Gasteiger charge is -2.09. The number of alkyl halides is 1. The Balaban J connectivity index is 3.05. The van der Waals surface area contributed by atoms with Crippen LogP contribution < -0.4 is 0 Å². The Morgan fingerprint density at radius 3 is 0.554 bits per heavy atom. The highest BCUT2D eigenvalue weighted by atomic mass is 127. The summed E-state index contributed by atoms with van der Waals surface area (Å²) in [6.45, 7) is 17.0. The summed E-state index contributed by atoms with van der Waals surface area (Å²) in [5, 5.41) is 0. The second-order valence-electron chi connectivity index (χ2n) is 13.2. The van der Waals surface area contributed by atoms with Crippen molar-refractivity contribution in [2.75, 3.05) is 176 Å². The summed E-state index contributed by atoms with van der Waals surface area (Å²) in [6, 6.07) is 0. The van der Waals surface area contributed by atoms with Crippen molar-refractivity contribution in [3.63, 3.8) is 0 Å². The molecule has 0 radical (unpaired) electrons. The zero-order valence-corrected chi connectivity index (χ0v) is 37.8. The lowest BCUT2D eigenvalue weighted by atomic mass is 10.0. The normalized spacial score (nSPS) is 11.7. The van der Waals surface area contributed by atoms with Gasteiger partial charge in [0, 0.05) is 11.0 Å². The van der Waals surface area contributed by atoms with Gasteiger partial charge in [0.2, 0.25) is 0 Å². The standard InChI is InChI=1S/C42H85IO13/c1-2-3-4-5-6-7-8-9-10-11-12-13-14-15-17-44-19-21-46-23-25-48-27-29-50-31-33-52-35-37-54-39-41-56-42-40-55-38-36-53-34-32-51-30-28-49-26-24-47-22-20-45-18-16-43/h2-42H2,1H3. The van der Waals surface area contributed by atoms with E-state index in [9.17, 15) is 0 Å². The summed E-state index contributed by atoms with van der Waals surface area (Å²) in [5.74, 6) is 0. The van der Waals surface area contributed by atoms with E-state index >= 15 is 0 Å². The monoisotopic (exact) mass is 925 g/mol. The Kier molecular flexibility index (Phi) is 55.4. The lowest BCUT2D eigenvalue weighted by molar-refractivity contribution is -0.0289. The molecule has 13 nitrogen and oxygen atoms in total. The van der Waals surface area contributed by atoms with E-state index in [1.807, 2.05) is 0 Å². The minimum Gasteiger partial charge on any atom is -0.379 e. The molecule has 0 N–H and O–H groups in total. The van der Waals surface area contributed by atoms with E-state index in [1.165, 1.54) is 83.5 Å². The number of hydrogen-bond donors (Lipinski definition) is 0. The Bertz CT molecular complexity index is 618. The summed E-state index contributed by atoms with van der Waals surface area (Å²) in [6.07, 6.45) is 19.2. The third kappa shape index (κ3) is 54.2. The average molecular weight is 925 g/mol. The van der Waals surface area contributed by atoms with Crippen LogP contribution in [0, 0.1) is 0 Å². The van der Waals surface area contributed by atoms with Crippen molar-refractivity contribution in [2.45, 2.75) is 96.8 Å². The highest BCUT2D eigenvalue weighted by Crippen LogP contribution is 2.13. The molecule has 0 fully saturated rings. The molecule has 0 bridgehead atoms. The molecule has 56 heavy (non-hydrogen) atoms. The molecule has 0 rings (SSSR count). The first-order valence-corrected chi connectivity index (χ1v) is 23.5. The fourth-order valence-corrected chi connectivity index (χ4v) is 5.51. The third-order valence-electron chi connectivity index (χ3n) is 8.33. The van der Waals surface area contributed by atoms with Gasteiger partial charge in [-0.1, -0.05) is 113 Å². The van der Waals surface area contributed by atoms with Crippen molar-refractivity contribution in [3.8, 4) is 0 Å². The second kappa shape index (κ2) is 55.2. The Morgan fingerprint density at radius 2 is 0.357 bits per heavy atom. The van der Waals surface area contributed by atoms with Gasteiger partial charge in [-0.3, -0.25) is 0 Å². The molecule has 0 aromatic rings. The van der Waals surface area contributed by atoms with Gasteiger partial charge in [0.05, 0.1) is 165 Å².